The zero-order valence-electron chi connectivity index (χ0n) is 15.7. The molecule has 3 heterocycles. The van der Waals surface area contributed by atoms with Crippen LogP contribution in [0.1, 0.15) is 11.4 Å². The number of rotatable bonds is 7. The van der Waals surface area contributed by atoms with Crippen molar-refractivity contribution in [3.8, 4) is 0 Å². The van der Waals surface area contributed by atoms with Gasteiger partial charge in [-0.3, -0.25) is 5.10 Å². The Bertz CT molecular complexity index is 1220. The standard InChI is InChI=1S/C21H20N8/c1-2-4-18-17(3-1)26-20(27-18)8-10-23-21-22-9-7-19(28-21)24-12-14-5-6-16-15(11-14)13-25-29-16/h1-7,9,11,13H,8,10,12H2,(H,25,29)(H,26,27)(H2,22,23,24,28). The highest BCUT2D eigenvalue weighted by atomic mass is 15.1. The summed E-state index contributed by atoms with van der Waals surface area (Å²) in [6.45, 7) is 1.37. The molecule has 5 aromatic rings. The lowest BCUT2D eigenvalue weighted by atomic mass is 10.1. The largest absolute Gasteiger partial charge is 0.366 e. The van der Waals surface area contributed by atoms with Gasteiger partial charge >= 0.3 is 0 Å². The van der Waals surface area contributed by atoms with Gasteiger partial charge < -0.3 is 15.6 Å². The van der Waals surface area contributed by atoms with E-state index in [1.54, 1.807) is 6.20 Å². The van der Waals surface area contributed by atoms with Crippen LogP contribution in [0.25, 0.3) is 21.9 Å². The van der Waals surface area contributed by atoms with Gasteiger partial charge in [-0.1, -0.05) is 18.2 Å². The Hall–Kier alpha value is -3.94. The molecule has 0 aliphatic carbocycles. The van der Waals surface area contributed by atoms with Crippen molar-refractivity contribution >= 4 is 33.7 Å². The van der Waals surface area contributed by atoms with Crippen LogP contribution in [0.15, 0.2) is 60.9 Å². The Kier molecular flexibility index (Phi) is 4.50. The minimum Gasteiger partial charge on any atom is -0.366 e. The zero-order valence-corrected chi connectivity index (χ0v) is 15.7. The van der Waals surface area contributed by atoms with Crippen molar-refractivity contribution in [2.45, 2.75) is 13.0 Å². The first-order chi connectivity index (χ1) is 14.3. The summed E-state index contributed by atoms with van der Waals surface area (Å²) in [5, 5.41) is 14.7. The third-order valence-electron chi connectivity index (χ3n) is 4.72. The molecule has 0 unspecified atom stereocenters. The molecule has 3 aromatic heterocycles. The molecule has 0 fully saturated rings. The summed E-state index contributed by atoms with van der Waals surface area (Å²) in [6.07, 6.45) is 4.34. The van der Waals surface area contributed by atoms with Crippen LogP contribution >= 0.6 is 0 Å². The Morgan fingerprint density at radius 2 is 1.90 bits per heavy atom. The first kappa shape index (κ1) is 17.2. The van der Waals surface area contributed by atoms with E-state index in [4.69, 9.17) is 0 Å². The van der Waals surface area contributed by atoms with Gasteiger partial charge in [0.05, 0.1) is 22.7 Å². The third kappa shape index (κ3) is 3.86. The summed E-state index contributed by atoms with van der Waals surface area (Å²) >= 11 is 0. The van der Waals surface area contributed by atoms with Crippen molar-refractivity contribution < 1.29 is 0 Å². The summed E-state index contributed by atoms with van der Waals surface area (Å²) in [4.78, 5) is 16.7. The molecule has 8 nitrogen and oxygen atoms in total. The molecule has 8 heteroatoms. The van der Waals surface area contributed by atoms with Gasteiger partial charge in [0.1, 0.15) is 11.6 Å². The average molecular weight is 384 g/mol. The predicted octanol–water partition coefficient (Wildman–Crippen LogP) is 3.50. The van der Waals surface area contributed by atoms with Gasteiger partial charge in [0, 0.05) is 31.1 Å². The van der Waals surface area contributed by atoms with E-state index in [0.717, 1.165) is 45.6 Å². The van der Waals surface area contributed by atoms with Crippen molar-refractivity contribution in [1.29, 1.82) is 0 Å². The van der Waals surface area contributed by atoms with Gasteiger partial charge in [0.25, 0.3) is 0 Å². The SMILES string of the molecule is c1ccc2[nH]c(CCNc3nccc(NCc4ccc5[nH]ncc5c4)n3)nc2c1. The van der Waals surface area contributed by atoms with Crippen LogP contribution in [0.2, 0.25) is 0 Å². The molecule has 4 N–H and O–H groups in total. The van der Waals surface area contributed by atoms with Crippen molar-refractivity contribution in [1.82, 2.24) is 30.1 Å². The monoisotopic (exact) mass is 384 g/mol. The van der Waals surface area contributed by atoms with Crippen LogP contribution < -0.4 is 10.6 Å². The number of fused-ring (bicyclic) bond motifs is 2. The summed E-state index contributed by atoms with van der Waals surface area (Å²) in [5.74, 6) is 2.32. The fraction of sp³-hybridized carbons (Fsp3) is 0.143. The summed E-state index contributed by atoms with van der Waals surface area (Å²) in [6, 6.07) is 16.1. The number of aromatic nitrogens is 6. The second-order valence-corrected chi connectivity index (χ2v) is 6.79. The smallest absolute Gasteiger partial charge is 0.224 e. The molecule has 0 atom stereocenters. The van der Waals surface area contributed by atoms with Gasteiger partial charge in [0.15, 0.2) is 0 Å². The van der Waals surface area contributed by atoms with Crippen LogP contribution in [0.4, 0.5) is 11.8 Å². The van der Waals surface area contributed by atoms with E-state index in [0.29, 0.717) is 19.0 Å². The van der Waals surface area contributed by atoms with Gasteiger partial charge in [-0.25, -0.2) is 9.97 Å². The van der Waals surface area contributed by atoms with E-state index < -0.39 is 0 Å². The Balaban J connectivity index is 1.18. The number of aromatic amines is 2. The highest BCUT2D eigenvalue weighted by molar-refractivity contribution is 5.78. The van der Waals surface area contributed by atoms with Crippen LogP contribution in [0.5, 0.6) is 0 Å². The number of benzene rings is 2. The molecule has 5 rings (SSSR count). The maximum atomic E-state index is 4.59. The van der Waals surface area contributed by atoms with E-state index in [1.807, 2.05) is 42.6 Å². The highest BCUT2D eigenvalue weighted by Crippen LogP contribution is 2.15. The lowest BCUT2D eigenvalue weighted by Gasteiger charge is -2.08. The van der Waals surface area contributed by atoms with Gasteiger partial charge in [0.2, 0.25) is 5.95 Å². The normalized spacial score (nSPS) is 11.2. The second kappa shape index (κ2) is 7.59. The van der Waals surface area contributed by atoms with Crippen molar-refractivity contribution in [2.75, 3.05) is 17.2 Å². The quantitative estimate of drug-likeness (QED) is 0.342. The minimum absolute atomic E-state index is 0.594. The lowest BCUT2D eigenvalue weighted by molar-refractivity contribution is 0.918. The van der Waals surface area contributed by atoms with Crippen molar-refractivity contribution in [3.05, 3.63) is 72.3 Å². The number of H-pyrrole nitrogens is 2. The van der Waals surface area contributed by atoms with E-state index >= 15 is 0 Å². The Morgan fingerprint density at radius 3 is 2.86 bits per heavy atom. The van der Waals surface area contributed by atoms with E-state index in [1.165, 1.54) is 0 Å². The second-order valence-electron chi connectivity index (χ2n) is 6.79. The number of hydrogen-bond acceptors (Lipinski definition) is 6. The molecule has 2 aromatic carbocycles. The average Bonchev–Trinajstić information content (AvgIpc) is 3.38. The van der Waals surface area contributed by atoms with Gasteiger partial charge in [-0.2, -0.15) is 10.1 Å². The van der Waals surface area contributed by atoms with E-state index in [-0.39, 0.29) is 0 Å². The van der Waals surface area contributed by atoms with Crippen LogP contribution in [-0.2, 0) is 13.0 Å². The number of nitrogens with zero attached hydrogens (tertiary/aromatic N) is 4. The van der Waals surface area contributed by atoms with Gasteiger partial charge in [-0.15, -0.1) is 0 Å². The molecule has 144 valence electrons. The number of anilines is 2. The molecule has 0 aliphatic heterocycles. The van der Waals surface area contributed by atoms with Crippen LogP contribution in [-0.4, -0.2) is 36.7 Å². The minimum atomic E-state index is 0.594. The number of nitrogens with one attached hydrogen (secondary N) is 4. The summed E-state index contributed by atoms with van der Waals surface area (Å²) in [7, 11) is 0. The van der Waals surface area contributed by atoms with Gasteiger partial charge in [-0.05, 0) is 35.9 Å². The maximum Gasteiger partial charge on any atom is 0.224 e. The molecule has 0 bridgehead atoms. The fourth-order valence-electron chi connectivity index (χ4n) is 3.25. The number of imidazole rings is 1. The molecule has 0 saturated heterocycles. The molecule has 0 radical (unpaired) electrons. The number of hydrogen-bond donors (Lipinski definition) is 4. The van der Waals surface area contributed by atoms with E-state index in [2.05, 4.69) is 52.9 Å². The maximum absolute atomic E-state index is 4.59. The van der Waals surface area contributed by atoms with Crippen LogP contribution in [0, 0.1) is 0 Å². The zero-order chi connectivity index (χ0) is 19.5. The summed E-state index contributed by atoms with van der Waals surface area (Å²) in [5.41, 5.74) is 4.24. The predicted molar refractivity (Wildman–Crippen MR) is 114 cm³/mol. The third-order valence-corrected chi connectivity index (χ3v) is 4.72. The summed E-state index contributed by atoms with van der Waals surface area (Å²) < 4.78 is 0. The highest BCUT2D eigenvalue weighted by Gasteiger charge is 2.04. The molecule has 29 heavy (non-hydrogen) atoms. The van der Waals surface area contributed by atoms with Crippen molar-refractivity contribution in [3.63, 3.8) is 0 Å². The fourth-order valence-corrected chi connectivity index (χ4v) is 3.25. The number of para-hydroxylation sites is 2. The molecular formula is C21H20N8. The Labute approximate surface area is 166 Å². The molecule has 0 saturated carbocycles. The topological polar surface area (TPSA) is 107 Å². The first-order valence-electron chi connectivity index (χ1n) is 9.50. The Morgan fingerprint density at radius 1 is 0.931 bits per heavy atom. The first-order valence-corrected chi connectivity index (χ1v) is 9.50. The molecule has 0 spiro atoms. The molecule has 0 aliphatic rings. The lowest BCUT2D eigenvalue weighted by Crippen LogP contribution is -2.10. The molecular weight excluding hydrogens is 364 g/mol. The van der Waals surface area contributed by atoms with Crippen LogP contribution in [0.3, 0.4) is 0 Å². The van der Waals surface area contributed by atoms with E-state index in [9.17, 15) is 0 Å². The van der Waals surface area contributed by atoms with Crippen molar-refractivity contribution in [2.24, 2.45) is 0 Å². The molecule has 0 amide bonds.